The molecule has 0 atom stereocenters. The fourth-order valence-corrected chi connectivity index (χ4v) is 1.73. The lowest BCUT2D eigenvalue weighted by Crippen LogP contribution is -2.19. The molecule has 0 radical (unpaired) electrons. The quantitative estimate of drug-likeness (QED) is 0.569. The summed E-state index contributed by atoms with van der Waals surface area (Å²) in [4.78, 5) is 10.8. The normalized spacial score (nSPS) is 10.3. The Kier molecular flexibility index (Phi) is 6.11. The minimum Gasteiger partial charge on any atom is -0.507 e. The van der Waals surface area contributed by atoms with Crippen LogP contribution in [-0.4, -0.2) is 35.1 Å². The molecule has 1 aromatic carbocycles. The number of carbonyl (C=O) groups excluding carboxylic acids is 1. The van der Waals surface area contributed by atoms with Crippen LogP contribution in [0.15, 0.2) is 12.1 Å². The molecule has 0 aliphatic heterocycles. The first-order chi connectivity index (χ1) is 9.12. The van der Waals surface area contributed by atoms with Crippen molar-refractivity contribution in [2.24, 2.45) is 0 Å². The molecule has 6 heteroatoms. The number of carbonyl (C=O) groups is 1. The number of rotatable bonds is 6. The molecule has 1 amide bonds. The second kappa shape index (κ2) is 7.60. The van der Waals surface area contributed by atoms with Gasteiger partial charge in [-0.15, -0.1) is 0 Å². The lowest BCUT2D eigenvalue weighted by atomic mass is 10.0. The highest BCUT2D eigenvalue weighted by Crippen LogP contribution is 2.25. The van der Waals surface area contributed by atoms with Crippen LogP contribution in [0.4, 0.5) is 4.79 Å². The maximum atomic E-state index is 10.8. The maximum Gasteiger partial charge on any atom is 0.406 e. The van der Waals surface area contributed by atoms with E-state index in [9.17, 15) is 9.90 Å². The highest BCUT2D eigenvalue weighted by molar-refractivity contribution is 5.66. The third-order valence-corrected chi connectivity index (χ3v) is 2.72. The van der Waals surface area contributed by atoms with Crippen LogP contribution in [0, 0.1) is 0 Å². The van der Waals surface area contributed by atoms with Crippen molar-refractivity contribution >= 4 is 6.09 Å². The summed E-state index contributed by atoms with van der Waals surface area (Å²) in [5, 5.41) is 30.3. The molecular weight excluding hydrogens is 250 g/mol. The number of aryl methyl sites for hydroxylation is 1. The minimum atomic E-state index is -0.474. The summed E-state index contributed by atoms with van der Waals surface area (Å²) in [6.45, 7) is -0.299. The number of aromatic hydroxyl groups is 1. The summed E-state index contributed by atoms with van der Waals surface area (Å²) in [6, 6.07) is 3.35. The molecule has 106 valence electrons. The Hall–Kier alpha value is -1.79. The third-order valence-electron chi connectivity index (χ3n) is 2.72. The molecule has 0 aliphatic rings. The van der Waals surface area contributed by atoms with Crippen LogP contribution in [0.5, 0.6) is 5.75 Å². The molecule has 0 bridgehead atoms. The van der Waals surface area contributed by atoms with E-state index in [0.717, 1.165) is 5.56 Å². The standard InChI is InChI=1S/C13H19NO5/c1-14-13(18)19-4-2-3-9-5-10(7-15)12(17)11(6-9)8-16/h5-6,15-17H,2-4,7-8H2,1H3,(H,14,18). The molecular formula is C13H19NO5. The van der Waals surface area contributed by atoms with Crippen molar-refractivity contribution in [2.45, 2.75) is 26.1 Å². The van der Waals surface area contributed by atoms with Crippen molar-refractivity contribution in [1.29, 1.82) is 0 Å². The molecule has 0 fully saturated rings. The second-order valence-electron chi connectivity index (χ2n) is 4.07. The Morgan fingerprint density at radius 3 is 2.32 bits per heavy atom. The molecule has 1 rings (SSSR count). The van der Waals surface area contributed by atoms with Crippen molar-refractivity contribution in [3.63, 3.8) is 0 Å². The van der Waals surface area contributed by atoms with Crippen LogP contribution in [0.25, 0.3) is 0 Å². The van der Waals surface area contributed by atoms with Crippen LogP contribution < -0.4 is 5.32 Å². The zero-order valence-electron chi connectivity index (χ0n) is 10.8. The first-order valence-electron chi connectivity index (χ1n) is 6.02. The predicted molar refractivity (Wildman–Crippen MR) is 68.7 cm³/mol. The zero-order valence-corrected chi connectivity index (χ0v) is 10.8. The third kappa shape index (κ3) is 4.42. The van der Waals surface area contributed by atoms with E-state index in [-0.39, 0.29) is 25.6 Å². The number of aliphatic hydroxyl groups excluding tert-OH is 2. The molecule has 6 nitrogen and oxygen atoms in total. The summed E-state index contributed by atoms with van der Waals surface area (Å²) in [5.74, 6) is -0.0737. The molecule has 0 saturated carbocycles. The van der Waals surface area contributed by atoms with Crippen molar-refractivity contribution in [2.75, 3.05) is 13.7 Å². The summed E-state index contributed by atoms with van der Waals surface area (Å²) in [5.41, 5.74) is 1.63. The van der Waals surface area contributed by atoms with Gasteiger partial charge in [0.1, 0.15) is 5.75 Å². The second-order valence-corrected chi connectivity index (χ2v) is 4.07. The van der Waals surface area contributed by atoms with Crippen LogP contribution in [0.3, 0.4) is 0 Å². The van der Waals surface area contributed by atoms with Gasteiger partial charge in [0.05, 0.1) is 19.8 Å². The summed E-state index contributed by atoms with van der Waals surface area (Å²) in [7, 11) is 1.49. The lowest BCUT2D eigenvalue weighted by molar-refractivity contribution is 0.147. The molecule has 4 N–H and O–H groups in total. The molecule has 0 spiro atoms. The van der Waals surface area contributed by atoms with E-state index in [2.05, 4.69) is 5.32 Å². The predicted octanol–water partition coefficient (Wildman–Crippen LogP) is 0.665. The van der Waals surface area contributed by atoms with Crippen LogP contribution in [-0.2, 0) is 24.4 Å². The number of aliphatic hydroxyl groups is 2. The summed E-state index contributed by atoms with van der Waals surface area (Å²) >= 11 is 0. The number of nitrogens with one attached hydrogen (secondary N) is 1. The fourth-order valence-electron chi connectivity index (χ4n) is 1.73. The Bertz CT molecular complexity index is 408. The van der Waals surface area contributed by atoms with Crippen LogP contribution in [0.1, 0.15) is 23.1 Å². The SMILES string of the molecule is CNC(=O)OCCCc1cc(CO)c(O)c(CO)c1. The average Bonchev–Trinajstić information content (AvgIpc) is 2.44. The number of phenols is 1. The molecule has 1 aromatic rings. The Labute approximate surface area is 111 Å². The number of amides is 1. The first-order valence-corrected chi connectivity index (χ1v) is 6.02. The zero-order chi connectivity index (χ0) is 14.3. The number of benzene rings is 1. The van der Waals surface area contributed by atoms with E-state index in [1.165, 1.54) is 7.05 Å². The number of ether oxygens (including phenoxy) is 1. The molecule has 0 saturated heterocycles. The van der Waals surface area contributed by atoms with E-state index in [1.807, 2.05) is 0 Å². The Morgan fingerprint density at radius 2 is 1.84 bits per heavy atom. The minimum absolute atomic E-state index is 0.0737. The number of hydrogen-bond acceptors (Lipinski definition) is 5. The van der Waals surface area contributed by atoms with Gasteiger partial charge < -0.3 is 25.4 Å². The van der Waals surface area contributed by atoms with E-state index in [4.69, 9.17) is 14.9 Å². The molecule has 0 aliphatic carbocycles. The van der Waals surface area contributed by atoms with Gasteiger partial charge in [-0.3, -0.25) is 0 Å². The largest absolute Gasteiger partial charge is 0.507 e. The average molecular weight is 269 g/mol. The van der Waals surface area contributed by atoms with E-state index in [1.54, 1.807) is 12.1 Å². The Balaban J connectivity index is 2.61. The van der Waals surface area contributed by atoms with Gasteiger partial charge in [0.2, 0.25) is 0 Å². The fraction of sp³-hybridized carbons (Fsp3) is 0.462. The van der Waals surface area contributed by atoms with E-state index >= 15 is 0 Å². The summed E-state index contributed by atoms with van der Waals surface area (Å²) < 4.78 is 4.85. The number of alkyl carbamates (subject to hydrolysis) is 1. The van der Waals surface area contributed by atoms with Crippen molar-refractivity contribution in [3.05, 3.63) is 28.8 Å². The molecule has 0 unspecified atom stereocenters. The van der Waals surface area contributed by atoms with Gasteiger partial charge in [0, 0.05) is 18.2 Å². The van der Waals surface area contributed by atoms with Crippen molar-refractivity contribution in [1.82, 2.24) is 5.32 Å². The summed E-state index contributed by atoms with van der Waals surface area (Å²) in [6.07, 6.45) is 0.767. The topological polar surface area (TPSA) is 99.0 Å². The monoisotopic (exact) mass is 269 g/mol. The molecule has 0 heterocycles. The van der Waals surface area contributed by atoms with Gasteiger partial charge in [-0.2, -0.15) is 0 Å². The highest BCUT2D eigenvalue weighted by atomic mass is 16.5. The van der Waals surface area contributed by atoms with E-state index < -0.39 is 6.09 Å². The van der Waals surface area contributed by atoms with Gasteiger partial charge in [-0.1, -0.05) is 0 Å². The lowest BCUT2D eigenvalue weighted by Gasteiger charge is -2.10. The smallest absolute Gasteiger partial charge is 0.406 e. The first kappa shape index (κ1) is 15.3. The Morgan fingerprint density at radius 1 is 1.26 bits per heavy atom. The molecule has 0 aromatic heterocycles. The van der Waals surface area contributed by atoms with Gasteiger partial charge >= 0.3 is 6.09 Å². The number of hydrogen-bond donors (Lipinski definition) is 4. The van der Waals surface area contributed by atoms with Crippen LogP contribution >= 0.6 is 0 Å². The van der Waals surface area contributed by atoms with Gasteiger partial charge in [-0.05, 0) is 30.5 Å². The van der Waals surface area contributed by atoms with Gasteiger partial charge in [0.15, 0.2) is 0 Å². The van der Waals surface area contributed by atoms with E-state index in [0.29, 0.717) is 24.0 Å². The van der Waals surface area contributed by atoms with Gasteiger partial charge in [0.25, 0.3) is 0 Å². The van der Waals surface area contributed by atoms with Gasteiger partial charge in [-0.25, -0.2) is 4.79 Å². The molecule has 19 heavy (non-hydrogen) atoms. The highest BCUT2D eigenvalue weighted by Gasteiger charge is 2.09. The van der Waals surface area contributed by atoms with Crippen molar-refractivity contribution < 1.29 is 24.9 Å². The van der Waals surface area contributed by atoms with Crippen LogP contribution in [0.2, 0.25) is 0 Å². The van der Waals surface area contributed by atoms with Crippen molar-refractivity contribution in [3.8, 4) is 5.75 Å². The maximum absolute atomic E-state index is 10.8.